The molecule has 0 aliphatic carbocycles. The molecular weight excluding hydrogens is 238 g/mol. The summed E-state index contributed by atoms with van der Waals surface area (Å²) in [5, 5.41) is 13.4. The first-order chi connectivity index (χ1) is 9.10. The van der Waals surface area contributed by atoms with E-state index < -0.39 is 0 Å². The summed E-state index contributed by atoms with van der Waals surface area (Å²) < 4.78 is 5.83. The van der Waals surface area contributed by atoms with Gasteiger partial charge in [0.1, 0.15) is 11.3 Å². The number of benzene rings is 1. The van der Waals surface area contributed by atoms with Crippen molar-refractivity contribution in [2.45, 2.75) is 33.7 Å². The van der Waals surface area contributed by atoms with Crippen molar-refractivity contribution in [3.05, 3.63) is 35.1 Å². The molecule has 1 aromatic heterocycles. The lowest BCUT2D eigenvalue weighted by atomic mass is 10.1. The van der Waals surface area contributed by atoms with Crippen LogP contribution >= 0.6 is 0 Å². The molecule has 3 nitrogen and oxygen atoms in total. The van der Waals surface area contributed by atoms with Gasteiger partial charge < -0.3 is 14.8 Å². The predicted molar refractivity (Wildman–Crippen MR) is 78.3 cm³/mol. The standard InChI is InChI=1S/C16H23NO2/c1-11(4-5-18)9-17-10-15-8-14-6-12(2)13(3)7-16(14)19-15/h6-8,11,17-18H,4-5,9-10H2,1-3H3. The van der Waals surface area contributed by atoms with E-state index in [4.69, 9.17) is 9.52 Å². The number of hydrogen-bond acceptors (Lipinski definition) is 3. The number of aliphatic hydroxyl groups is 1. The first kappa shape index (κ1) is 14.1. The molecule has 0 saturated heterocycles. The van der Waals surface area contributed by atoms with Crippen LogP contribution in [0.5, 0.6) is 0 Å². The number of hydrogen-bond donors (Lipinski definition) is 2. The number of aliphatic hydroxyl groups excluding tert-OH is 1. The Bertz CT molecular complexity index is 506. The van der Waals surface area contributed by atoms with Crippen molar-refractivity contribution in [1.29, 1.82) is 0 Å². The average Bonchev–Trinajstić information content (AvgIpc) is 2.72. The molecule has 2 N–H and O–H groups in total. The second-order valence-corrected chi connectivity index (χ2v) is 5.44. The Hall–Kier alpha value is -1.32. The molecule has 3 heteroatoms. The number of furan rings is 1. The van der Waals surface area contributed by atoms with Gasteiger partial charge in [0.25, 0.3) is 0 Å². The van der Waals surface area contributed by atoms with Crippen LogP contribution in [0.4, 0.5) is 0 Å². The first-order valence-electron chi connectivity index (χ1n) is 6.91. The summed E-state index contributed by atoms with van der Waals surface area (Å²) in [4.78, 5) is 0. The molecule has 1 atom stereocenters. The fourth-order valence-corrected chi connectivity index (χ4v) is 2.21. The second kappa shape index (κ2) is 6.22. The zero-order valence-corrected chi connectivity index (χ0v) is 12.0. The molecule has 0 aliphatic heterocycles. The van der Waals surface area contributed by atoms with Gasteiger partial charge in [-0.3, -0.25) is 0 Å². The van der Waals surface area contributed by atoms with Gasteiger partial charge in [0.2, 0.25) is 0 Å². The lowest BCUT2D eigenvalue weighted by Gasteiger charge is -2.09. The highest BCUT2D eigenvalue weighted by Crippen LogP contribution is 2.23. The van der Waals surface area contributed by atoms with Gasteiger partial charge in [0.05, 0.1) is 6.54 Å². The van der Waals surface area contributed by atoms with Crippen LogP contribution in [0.1, 0.15) is 30.2 Å². The summed E-state index contributed by atoms with van der Waals surface area (Å²) in [5.41, 5.74) is 3.52. The minimum Gasteiger partial charge on any atom is -0.460 e. The highest BCUT2D eigenvalue weighted by molar-refractivity contribution is 5.79. The maximum atomic E-state index is 8.85. The molecule has 0 fully saturated rings. The quantitative estimate of drug-likeness (QED) is 0.839. The molecule has 0 saturated carbocycles. The molecule has 0 radical (unpaired) electrons. The lowest BCUT2D eigenvalue weighted by molar-refractivity contribution is 0.259. The molecule has 1 heterocycles. The average molecular weight is 261 g/mol. The van der Waals surface area contributed by atoms with Gasteiger partial charge in [0.15, 0.2) is 0 Å². The SMILES string of the molecule is Cc1cc2cc(CNCC(C)CCO)oc2cc1C. The van der Waals surface area contributed by atoms with Crippen molar-refractivity contribution in [1.82, 2.24) is 5.32 Å². The van der Waals surface area contributed by atoms with Crippen molar-refractivity contribution in [2.75, 3.05) is 13.2 Å². The Morgan fingerprint density at radius 1 is 1.21 bits per heavy atom. The molecule has 0 amide bonds. The third-order valence-electron chi connectivity index (χ3n) is 3.60. The van der Waals surface area contributed by atoms with E-state index in [0.29, 0.717) is 5.92 Å². The Labute approximate surface area is 114 Å². The van der Waals surface area contributed by atoms with E-state index in [1.54, 1.807) is 0 Å². The smallest absolute Gasteiger partial charge is 0.134 e. The second-order valence-electron chi connectivity index (χ2n) is 5.44. The zero-order valence-electron chi connectivity index (χ0n) is 12.0. The van der Waals surface area contributed by atoms with Gasteiger partial charge >= 0.3 is 0 Å². The van der Waals surface area contributed by atoms with Crippen molar-refractivity contribution >= 4 is 11.0 Å². The molecule has 19 heavy (non-hydrogen) atoms. The van der Waals surface area contributed by atoms with E-state index in [0.717, 1.165) is 30.9 Å². The van der Waals surface area contributed by atoms with Gasteiger partial charge in [-0.25, -0.2) is 0 Å². The summed E-state index contributed by atoms with van der Waals surface area (Å²) in [7, 11) is 0. The minimum atomic E-state index is 0.256. The van der Waals surface area contributed by atoms with Crippen LogP contribution in [-0.4, -0.2) is 18.3 Å². The van der Waals surface area contributed by atoms with E-state index in [1.165, 1.54) is 16.5 Å². The first-order valence-corrected chi connectivity index (χ1v) is 6.91. The zero-order chi connectivity index (χ0) is 13.8. The third kappa shape index (κ3) is 3.58. The molecule has 2 rings (SSSR count). The van der Waals surface area contributed by atoms with Gasteiger partial charge in [-0.15, -0.1) is 0 Å². The topological polar surface area (TPSA) is 45.4 Å². The summed E-state index contributed by atoms with van der Waals surface area (Å²) in [6.45, 7) is 8.25. The largest absolute Gasteiger partial charge is 0.460 e. The van der Waals surface area contributed by atoms with Crippen molar-refractivity contribution in [3.8, 4) is 0 Å². The number of nitrogens with one attached hydrogen (secondary N) is 1. The minimum absolute atomic E-state index is 0.256. The highest BCUT2D eigenvalue weighted by Gasteiger charge is 2.06. The maximum absolute atomic E-state index is 8.85. The van der Waals surface area contributed by atoms with E-state index in [-0.39, 0.29) is 6.61 Å². The Balaban J connectivity index is 1.98. The molecule has 1 unspecified atom stereocenters. The Kier molecular flexibility index (Phi) is 4.61. The van der Waals surface area contributed by atoms with Crippen LogP contribution in [0.3, 0.4) is 0 Å². The van der Waals surface area contributed by atoms with Gasteiger partial charge in [-0.05, 0) is 62.1 Å². The van der Waals surface area contributed by atoms with Crippen molar-refractivity contribution in [2.24, 2.45) is 5.92 Å². The van der Waals surface area contributed by atoms with Gasteiger partial charge in [-0.1, -0.05) is 6.92 Å². The molecule has 0 aliphatic rings. The summed E-state index contributed by atoms with van der Waals surface area (Å²) in [6.07, 6.45) is 0.839. The van der Waals surface area contributed by atoms with Crippen LogP contribution < -0.4 is 5.32 Å². The molecule has 104 valence electrons. The molecule has 0 spiro atoms. The summed E-state index contributed by atoms with van der Waals surface area (Å²) in [5.74, 6) is 1.45. The summed E-state index contributed by atoms with van der Waals surface area (Å²) in [6, 6.07) is 6.38. The van der Waals surface area contributed by atoms with E-state index in [1.807, 2.05) is 0 Å². The fraction of sp³-hybridized carbons (Fsp3) is 0.500. The van der Waals surface area contributed by atoms with E-state index in [9.17, 15) is 0 Å². The van der Waals surface area contributed by atoms with Crippen molar-refractivity contribution < 1.29 is 9.52 Å². The van der Waals surface area contributed by atoms with E-state index in [2.05, 4.69) is 44.3 Å². The Morgan fingerprint density at radius 3 is 2.68 bits per heavy atom. The normalized spacial score (nSPS) is 13.1. The van der Waals surface area contributed by atoms with Crippen LogP contribution in [0.2, 0.25) is 0 Å². The van der Waals surface area contributed by atoms with Crippen LogP contribution in [0, 0.1) is 19.8 Å². The number of fused-ring (bicyclic) bond motifs is 1. The predicted octanol–water partition coefficient (Wildman–Crippen LogP) is 3.16. The van der Waals surface area contributed by atoms with Crippen LogP contribution in [0.15, 0.2) is 22.6 Å². The van der Waals surface area contributed by atoms with Crippen LogP contribution in [0.25, 0.3) is 11.0 Å². The molecule has 1 aromatic carbocycles. The van der Waals surface area contributed by atoms with Gasteiger partial charge in [0, 0.05) is 12.0 Å². The van der Waals surface area contributed by atoms with E-state index >= 15 is 0 Å². The molecular formula is C16H23NO2. The fourth-order valence-electron chi connectivity index (χ4n) is 2.21. The highest BCUT2D eigenvalue weighted by atomic mass is 16.3. The summed E-state index contributed by atoms with van der Waals surface area (Å²) >= 11 is 0. The molecule has 2 aromatic rings. The number of aryl methyl sites for hydroxylation is 2. The monoisotopic (exact) mass is 261 g/mol. The maximum Gasteiger partial charge on any atom is 0.134 e. The third-order valence-corrected chi connectivity index (χ3v) is 3.60. The lowest BCUT2D eigenvalue weighted by Crippen LogP contribution is -2.21. The number of rotatable bonds is 6. The van der Waals surface area contributed by atoms with Gasteiger partial charge in [-0.2, -0.15) is 0 Å². The Morgan fingerprint density at radius 2 is 1.95 bits per heavy atom. The van der Waals surface area contributed by atoms with Crippen molar-refractivity contribution in [3.63, 3.8) is 0 Å². The van der Waals surface area contributed by atoms with Crippen LogP contribution in [-0.2, 0) is 6.54 Å². The molecule has 0 bridgehead atoms.